The molecule has 1 aliphatic heterocycles. The van der Waals surface area contributed by atoms with Gasteiger partial charge in [-0.1, -0.05) is 18.2 Å². The first kappa shape index (κ1) is 21.3. The first-order valence-corrected chi connectivity index (χ1v) is 11.8. The van der Waals surface area contributed by atoms with Gasteiger partial charge in [0, 0.05) is 31.9 Å². The SMILES string of the molecule is NC(=O)c1ccccc1NCC(=O)N1CCN(S(=O)(=O)c2ccc3c(c2)CCC3)CC1. The molecular weight excluding hydrogens is 416 g/mol. The Morgan fingerprint density at radius 2 is 1.68 bits per heavy atom. The van der Waals surface area contributed by atoms with Crippen molar-refractivity contribution in [1.82, 2.24) is 9.21 Å². The Kier molecular flexibility index (Phi) is 5.97. The second kappa shape index (κ2) is 8.68. The number of rotatable bonds is 6. The number of para-hydroxylation sites is 1. The summed E-state index contributed by atoms with van der Waals surface area (Å²) in [6.07, 6.45) is 3.00. The highest BCUT2D eigenvalue weighted by molar-refractivity contribution is 7.89. The molecule has 9 heteroatoms. The number of hydrogen-bond donors (Lipinski definition) is 2. The number of hydrogen-bond acceptors (Lipinski definition) is 5. The highest BCUT2D eigenvalue weighted by Gasteiger charge is 2.30. The van der Waals surface area contributed by atoms with Crippen LogP contribution >= 0.6 is 0 Å². The van der Waals surface area contributed by atoms with Crippen LogP contribution in [0.2, 0.25) is 0 Å². The lowest BCUT2D eigenvalue weighted by Gasteiger charge is -2.34. The molecule has 1 heterocycles. The first-order chi connectivity index (χ1) is 14.9. The second-order valence-electron chi connectivity index (χ2n) is 7.83. The first-order valence-electron chi connectivity index (χ1n) is 10.4. The van der Waals surface area contributed by atoms with Gasteiger partial charge in [0.25, 0.3) is 5.91 Å². The Morgan fingerprint density at radius 3 is 2.42 bits per heavy atom. The number of amides is 2. The van der Waals surface area contributed by atoms with E-state index in [-0.39, 0.29) is 25.5 Å². The molecule has 0 unspecified atom stereocenters. The van der Waals surface area contributed by atoms with Gasteiger partial charge in [0.15, 0.2) is 0 Å². The van der Waals surface area contributed by atoms with Gasteiger partial charge in [-0.3, -0.25) is 9.59 Å². The number of fused-ring (bicyclic) bond motifs is 1. The molecule has 4 rings (SSSR count). The molecule has 1 saturated heterocycles. The zero-order chi connectivity index (χ0) is 22.0. The van der Waals surface area contributed by atoms with Crippen LogP contribution in [0, 0.1) is 0 Å². The molecule has 0 spiro atoms. The highest BCUT2D eigenvalue weighted by Crippen LogP contribution is 2.26. The number of anilines is 1. The average molecular weight is 443 g/mol. The quantitative estimate of drug-likeness (QED) is 0.698. The molecule has 8 nitrogen and oxygen atoms in total. The minimum absolute atomic E-state index is 0.00185. The standard InChI is InChI=1S/C22H26N4O4S/c23-22(28)19-6-1-2-7-20(19)24-15-21(27)25-10-12-26(13-11-25)31(29,30)18-9-8-16-4-3-5-17(16)14-18/h1-2,6-9,14,24H,3-5,10-13,15H2,(H2,23,28). The molecule has 0 atom stereocenters. The predicted octanol–water partition coefficient (Wildman–Crippen LogP) is 1.22. The summed E-state index contributed by atoms with van der Waals surface area (Å²) in [5.74, 6) is -0.727. The largest absolute Gasteiger partial charge is 0.376 e. The number of benzene rings is 2. The molecule has 31 heavy (non-hydrogen) atoms. The van der Waals surface area contributed by atoms with Crippen molar-refractivity contribution < 1.29 is 18.0 Å². The summed E-state index contributed by atoms with van der Waals surface area (Å²) in [5, 5.41) is 2.96. The second-order valence-corrected chi connectivity index (χ2v) is 9.77. The zero-order valence-electron chi connectivity index (χ0n) is 17.2. The third-order valence-corrected chi connectivity index (χ3v) is 7.82. The maximum absolute atomic E-state index is 13.0. The van der Waals surface area contributed by atoms with Crippen molar-refractivity contribution in [3.05, 3.63) is 59.2 Å². The summed E-state index contributed by atoms with van der Waals surface area (Å²) in [6, 6.07) is 12.2. The van der Waals surface area contributed by atoms with Gasteiger partial charge in [0.1, 0.15) is 0 Å². The topological polar surface area (TPSA) is 113 Å². The molecule has 2 aromatic carbocycles. The van der Waals surface area contributed by atoms with Crippen LogP contribution in [0.15, 0.2) is 47.4 Å². The number of sulfonamides is 1. The third kappa shape index (κ3) is 4.42. The lowest BCUT2D eigenvalue weighted by atomic mass is 10.1. The van der Waals surface area contributed by atoms with Crippen LogP contribution in [0.1, 0.15) is 27.9 Å². The van der Waals surface area contributed by atoms with E-state index in [9.17, 15) is 18.0 Å². The Labute approximate surface area is 182 Å². The normalized spacial score (nSPS) is 16.7. The summed E-state index contributed by atoms with van der Waals surface area (Å²) < 4.78 is 27.5. The van der Waals surface area contributed by atoms with Gasteiger partial charge in [-0.15, -0.1) is 0 Å². The van der Waals surface area contributed by atoms with Gasteiger partial charge in [0.2, 0.25) is 15.9 Å². The molecule has 1 aliphatic carbocycles. The van der Waals surface area contributed by atoms with Crippen LogP contribution < -0.4 is 11.1 Å². The fourth-order valence-corrected chi connectivity index (χ4v) is 5.64. The van der Waals surface area contributed by atoms with Crippen molar-refractivity contribution in [2.75, 3.05) is 38.0 Å². The Morgan fingerprint density at radius 1 is 0.968 bits per heavy atom. The summed E-state index contributed by atoms with van der Waals surface area (Å²) in [4.78, 5) is 26.1. The van der Waals surface area contributed by atoms with Crippen molar-refractivity contribution in [2.24, 2.45) is 5.73 Å². The lowest BCUT2D eigenvalue weighted by molar-refractivity contribution is -0.130. The molecule has 1 fully saturated rings. The molecule has 3 N–H and O–H groups in total. The number of nitrogens with two attached hydrogens (primary N) is 1. The molecule has 0 aromatic heterocycles. The molecule has 2 aromatic rings. The van der Waals surface area contributed by atoms with Crippen molar-refractivity contribution in [2.45, 2.75) is 24.2 Å². The van der Waals surface area contributed by atoms with Gasteiger partial charge < -0.3 is 16.0 Å². The molecule has 0 saturated carbocycles. The minimum Gasteiger partial charge on any atom is -0.376 e. The van der Waals surface area contributed by atoms with Crippen molar-refractivity contribution in [3.63, 3.8) is 0 Å². The predicted molar refractivity (Wildman–Crippen MR) is 117 cm³/mol. The van der Waals surface area contributed by atoms with Crippen molar-refractivity contribution >= 4 is 27.5 Å². The maximum Gasteiger partial charge on any atom is 0.250 e. The average Bonchev–Trinajstić information content (AvgIpc) is 3.25. The monoisotopic (exact) mass is 442 g/mol. The van der Waals surface area contributed by atoms with E-state index in [2.05, 4.69) is 5.32 Å². The van der Waals surface area contributed by atoms with Crippen LogP contribution in [0.25, 0.3) is 0 Å². The van der Waals surface area contributed by atoms with Crippen molar-refractivity contribution in [3.8, 4) is 0 Å². The Bertz CT molecular complexity index is 1110. The van der Waals surface area contributed by atoms with Gasteiger partial charge in [-0.25, -0.2) is 8.42 Å². The number of aryl methyl sites for hydroxylation is 2. The minimum atomic E-state index is -3.57. The molecule has 0 radical (unpaired) electrons. The number of nitrogens with zero attached hydrogens (tertiary/aromatic N) is 2. The van der Waals surface area contributed by atoms with E-state index in [1.807, 2.05) is 6.07 Å². The van der Waals surface area contributed by atoms with E-state index >= 15 is 0 Å². The molecule has 164 valence electrons. The number of piperazine rings is 1. The number of carbonyl (C=O) groups excluding carboxylic acids is 2. The van der Waals surface area contributed by atoms with Crippen LogP contribution in [0.3, 0.4) is 0 Å². The summed E-state index contributed by atoms with van der Waals surface area (Å²) >= 11 is 0. The molecule has 2 amide bonds. The number of carbonyl (C=O) groups is 2. The number of primary amides is 1. The summed E-state index contributed by atoms with van der Waals surface area (Å²) in [6.45, 7) is 1.15. The van der Waals surface area contributed by atoms with Crippen LogP contribution in [0.5, 0.6) is 0 Å². The smallest absolute Gasteiger partial charge is 0.250 e. The van der Waals surface area contributed by atoms with Gasteiger partial charge in [-0.05, 0) is 54.7 Å². The van der Waals surface area contributed by atoms with E-state index in [1.54, 1.807) is 41.3 Å². The van der Waals surface area contributed by atoms with Gasteiger partial charge >= 0.3 is 0 Å². The van der Waals surface area contributed by atoms with Crippen molar-refractivity contribution in [1.29, 1.82) is 0 Å². The fraction of sp³-hybridized carbons (Fsp3) is 0.364. The lowest BCUT2D eigenvalue weighted by Crippen LogP contribution is -2.51. The van der Waals surface area contributed by atoms with Crippen LogP contribution in [-0.2, 0) is 27.7 Å². The van der Waals surface area contributed by atoms with E-state index < -0.39 is 15.9 Å². The molecule has 2 aliphatic rings. The summed E-state index contributed by atoms with van der Waals surface area (Å²) in [7, 11) is -3.57. The Hall–Kier alpha value is -2.91. The van der Waals surface area contributed by atoms with E-state index in [0.717, 1.165) is 24.8 Å². The third-order valence-electron chi connectivity index (χ3n) is 5.92. The Balaban J connectivity index is 1.35. The maximum atomic E-state index is 13.0. The molecule has 0 bridgehead atoms. The highest BCUT2D eigenvalue weighted by atomic mass is 32.2. The van der Waals surface area contributed by atoms with Crippen LogP contribution in [-0.4, -0.2) is 62.2 Å². The number of nitrogens with one attached hydrogen (secondary N) is 1. The van der Waals surface area contributed by atoms with E-state index in [4.69, 9.17) is 5.73 Å². The van der Waals surface area contributed by atoms with Crippen LogP contribution in [0.4, 0.5) is 5.69 Å². The van der Waals surface area contributed by atoms with E-state index in [0.29, 0.717) is 29.2 Å². The van der Waals surface area contributed by atoms with Gasteiger partial charge in [0.05, 0.1) is 17.0 Å². The van der Waals surface area contributed by atoms with E-state index in [1.165, 1.54) is 9.87 Å². The zero-order valence-corrected chi connectivity index (χ0v) is 18.0. The fourth-order valence-electron chi connectivity index (χ4n) is 4.17. The van der Waals surface area contributed by atoms with Gasteiger partial charge in [-0.2, -0.15) is 4.31 Å². The molecular formula is C22H26N4O4S. The summed E-state index contributed by atoms with van der Waals surface area (Å²) in [5.41, 5.74) is 8.54.